The quantitative estimate of drug-likeness (QED) is 0.544. The summed E-state index contributed by atoms with van der Waals surface area (Å²) in [6, 6.07) is 8.11. The van der Waals surface area contributed by atoms with E-state index in [9.17, 15) is 14.4 Å². The van der Waals surface area contributed by atoms with E-state index in [0.29, 0.717) is 27.5 Å². The molecule has 8 nitrogen and oxygen atoms in total. The van der Waals surface area contributed by atoms with E-state index in [1.165, 1.54) is 12.3 Å². The summed E-state index contributed by atoms with van der Waals surface area (Å²) >= 11 is 6.23. The molecule has 0 unspecified atom stereocenters. The van der Waals surface area contributed by atoms with Gasteiger partial charge in [0.05, 0.1) is 16.7 Å². The summed E-state index contributed by atoms with van der Waals surface area (Å²) in [4.78, 5) is 35.8. The number of rotatable bonds is 6. The number of nitrogens with zero attached hydrogens (tertiary/aromatic N) is 1. The summed E-state index contributed by atoms with van der Waals surface area (Å²) in [6.07, 6.45) is 2.97. The molecule has 1 aliphatic heterocycles. The van der Waals surface area contributed by atoms with Crippen LogP contribution in [0.5, 0.6) is 5.75 Å². The van der Waals surface area contributed by atoms with Gasteiger partial charge in [0, 0.05) is 0 Å². The molecule has 1 fully saturated rings. The second kappa shape index (κ2) is 8.28. The van der Waals surface area contributed by atoms with Crippen molar-refractivity contribution in [2.24, 2.45) is 0 Å². The highest BCUT2D eigenvalue weighted by Crippen LogP contribution is 2.32. The van der Waals surface area contributed by atoms with Gasteiger partial charge in [-0.25, -0.2) is 4.79 Å². The van der Waals surface area contributed by atoms with Crippen LogP contribution in [0.3, 0.4) is 0 Å². The summed E-state index contributed by atoms with van der Waals surface area (Å²) in [5.74, 6) is -1.28. The molecule has 1 aliphatic rings. The van der Waals surface area contributed by atoms with E-state index in [1.54, 1.807) is 37.3 Å². The second-order valence-corrected chi connectivity index (χ2v) is 7.28. The third-order valence-electron chi connectivity index (χ3n) is 3.63. The van der Waals surface area contributed by atoms with Gasteiger partial charge in [0.25, 0.3) is 11.8 Å². The van der Waals surface area contributed by atoms with Crippen LogP contribution in [0, 0.1) is 6.92 Å². The van der Waals surface area contributed by atoms with Gasteiger partial charge in [0.1, 0.15) is 11.5 Å². The SMILES string of the molecule is Cc1occc1C(=O)NN1C(=O)/C(=C\c2cccc(OCC(=O)O)c2)SC1=S. The van der Waals surface area contributed by atoms with E-state index >= 15 is 0 Å². The Hall–Kier alpha value is -3.11. The lowest BCUT2D eigenvalue weighted by atomic mass is 10.2. The predicted octanol–water partition coefficient (Wildman–Crippen LogP) is 2.60. The minimum Gasteiger partial charge on any atom is -0.482 e. The number of hydrogen-bond acceptors (Lipinski definition) is 7. The lowest BCUT2D eigenvalue weighted by Crippen LogP contribution is -2.44. The average molecular weight is 418 g/mol. The molecule has 0 aliphatic carbocycles. The summed E-state index contributed by atoms with van der Waals surface area (Å²) in [7, 11) is 0. The number of carbonyl (C=O) groups excluding carboxylic acids is 2. The Morgan fingerprint density at radius 1 is 1.39 bits per heavy atom. The number of hydrogen-bond donors (Lipinski definition) is 2. The topological polar surface area (TPSA) is 109 Å². The first kappa shape index (κ1) is 19.6. The number of aryl methyl sites for hydroxylation is 1. The predicted molar refractivity (Wildman–Crippen MR) is 105 cm³/mol. The van der Waals surface area contributed by atoms with Gasteiger partial charge in [0.2, 0.25) is 0 Å². The van der Waals surface area contributed by atoms with Crippen molar-refractivity contribution in [1.82, 2.24) is 10.4 Å². The van der Waals surface area contributed by atoms with Crippen molar-refractivity contribution in [2.45, 2.75) is 6.92 Å². The zero-order valence-corrected chi connectivity index (χ0v) is 16.1. The number of carboxylic acids is 1. The third-order valence-corrected chi connectivity index (χ3v) is 4.93. The maximum Gasteiger partial charge on any atom is 0.341 e. The van der Waals surface area contributed by atoms with Crippen molar-refractivity contribution >= 4 is 52.2 Å². The Kier molecular flexibility index (Phi) is 5.81. The fourth-order valence-electron chi connectivity index (χ4n) is 2.34. The van der Waals surface area contributed by atoms with Crippen molar-refractivity contribution in [3.8, 4) is 5.75 Å². The Morgan fingerprint density at radius 2 is 2.18 bits per heavy atom. The molecule has 28 heavy (non-hydrogen) atoms. The number of furan rings is 1. The Balaban J connectivity index is 1.74. The number of benzene rings is 1. The van der Waals surface area contributed by atoms with Gasteiger partial charge < -0.3 is 14.3 Å². The number of aliphatic carboxylic acids is 1. The van der Waals surface area contributed by atoms with Gasteiger partial charge in [-0.15, -0.1) is 0 Å². The molecule has 144 valence electrons. The van der Waals surface area contributed by atoms with Gasteiger partial charge in [-0.05, 0) is 49.0 Å². The molecule has 2 N–H and O–H groups in total. The van der Waals surface area contributed by atoms with Crippen LogP contribution in [0.1, 0.15) is 21.7 Å². The standard InChI is InChI=1S/C18H14N2O6S2/c1-10-13(5-6-25-10)16(23)19-20-17(24)14(28-18(20)27)8-11-3-2-4-12(7-11)26-9-15(21)22/h2-8H,9H2,1H3,(H,19,23)(H,21,22)/b14-8+. The van der Waals surface area contributed by atoms with E-state index in [1.807, 2.05) is 0 Å². The van der Waals surface area contributed by atoms with Gasteiger partial charge in [-0.1, -0.05) is 23.9 Å². The maximum absolute atomic E-state index is 12.6. The molecular formula is C18H14N2O6S2. The maximum atomic E-state index is 12.6. The molecule has 10 heteroatoms. The lowest BCUT2D eigenvalue weighted by molar-refractivity contribution is -0.139. The lowest BCUT2D eigenvalue weighted by Gasteiger charge is -2.15. The number of nitrogens with one attached hydrogen (secondary N) is 1. The van der Waals surface area contributed by atoms with Crippen molar-refractivity contribution < 1.29 is 28.6 Å². The third kappa shape index (κ3) is 4.41. The van der Waals surface area contributed by atoms with Crippen LogP contribution in [0.2, 0.25) is 0 Å². The highest BCUT2D eigenvalue weighted by Gasteiger charge is 2.34. The molecule has 1 saturated heterocycles. The first-order chi connectivity index (χ1) is 13.3. The Labute approximate surface area is 169 Å². The van der Waals surface area contributed by atoms with Crippen LogP contribution in [0.15, 0.2) is 45.9 Å². The van der Waals surface area contributed by atoms with E-state index in [-0.39, 0.29) is 4.32 Å². The average Bonchev–Trinajstić information content (AvgIpc) is 3.19. The first-order valence-corrected chi connectivity index (χ1v) is 9.15. The molecule has 3 rings (SSSR count). The first-order valence-electron chi connectivity index (χ1n) is 7.93. The minimum absolute atomic E-state index is 0.184. The van der Waals surface area contributed by atoms with E-state index in [0.717, 1.165) is 16.8 Å². The summed E-state index contributed by atoms with van der Waals surface area (Å²) < 4.78 is 10.4. The molecular weight excluding hydrogens is 404 g/mol. The van der Waals surface area contributed by atoms with Gasteiger partial charge in [-0.2, -0.15) is 5.01 Å². The van der Waals surface area contributed by atoms with Crippen molar-refractivity contribution in [2.75, 3.05) is 6.61 Å². The summed E-state index contributed by atoms with van der Waals surface area (Å²) in [5, 5.41) is 9.68. The smallest absolute Gasteiger partial charge is 0.341 e. The molecule has 0 radical (unpaired) electrons. The highest BCUT2D eigenvalue weighted by molar-refractivity contribution is 8.26. The Bertz CT molecular complexity index is 997. The second-order valence-electron chi connectivity index (χ2n) is 5.60. The number of amides is 2. The zero-order valence-electron chi connectivity index (χ0n) is 14.5. The van der Waals surface area contributed by atoms with Crippen LogP contribution in [0.4, 0.5) is 0 Å². The minimum atomic E-state index is -1.09. The number of hydrazine groups is 1. The molecule has 0 atom stereocenters. The van der Waals surface area contributed by atoms with Crippen LogP contribution in [0.25, 0.3) is 6.08 Å². The molecule has 2 heterocycles. The number of carboxylic acid groups (broad SMARTS) is 1. The summed E-state index contributed by atoms with van der Waals surface area (Å²) in [6.45, 7) is 1.17. The van der Waals surface area contributed by atoms with Crippen LogP contribution in [-0.2, 0) is 9.59 Å². The molecule has 1 aromatic heterocycles. The van der Waals surface area contributed by atoms with Crippen LogP contribution in [-0.4, -0.2) is 38.8 Å². The normalized spacial score (nSPS) is 15.2. The fourth-order valence-corrected chi connectivity index (χ4v) is 3.52. The molecule has 0 saturated carbocycles. The fraction of sp³-hybridized carbons (Fsp3) is 0.111. The number of ether oxygens (including phenoxy) is 1. The molecule has 2 amide bonds. The molecule has 0 bridgehead atoms. The van der Waals surface area contributed by atoms with Crippen molar-refractivity contribution in [3.63, 3.8) is 0 Å². The zero-order chi connectivity index (χ0) is 20.3. The van der Waals surface area contributed by atoms with E-state index in [2.05, 4.69) is 5.43 Å². The van der Waals surface area contributed by atoms with E-state index < -0.39 is 24.4 Å². The number of thiocarbonyl (C=S) groups is 1. The van der Waals surface area contributed by atoms with Crippen molar-refractivity contribution in [1.29, 1.82) is 0 Å². The monoisotopic (exact) mass is 418 g/mol. The molecule has 0 spiro atoms. The van der Waals surface area contributed by atoms with Gasteiger partial charge in [-0.3, -0.25) is 15.0 Å². The van der Waals surface area contributed by atoms with Gasteiger partial charge >= 0.3 is 5.97 Å². The highest BCUT2D eigenvalue weighted by atomic mass is 32.2. The van der Waals surface area contributed by atoms with Crippen LogP contribution < -0.4 is 10.2 Å². The van der Waals surface area contributed by atoms with Crippen molar-refractivity contribution in [3.05, 3.63) is 58.4 Å². The molecule has 2 aromatic rings. The Morgan fingerprint density at radius 3 is 2.86 bits per heavy atom. The molecule has 1 aromatic carbocycles. The number of thioether (sulfide) groups is 1. The summed E-state index contributed by atoms with van der Waals surface area (Å²) in [5.41, 5.74) is 3.41. The van der Waals surface area contributed by atoms with Crippen LogP contribution >= 0.6 is 24.0 Å². The van der Waals surface area contributed by atoms with Gasteiger partial charge in [0.15, 0.2) is 10.9 Å². The number of carbonyl (C=O) groups is 3. The largest absolute Gasteiger partial charge is 0.482 e. The van der Waals surface area contributed by atoms with E-state index in [4.69, 9.17) is 26.5 Å².